The number of nitrogens with two attached hydrogens (primary N) is 1. The Labute approximate surface area is 154 Å². The number of benzene rings is 2. The van der Waals surface area contributed by atoms with Crippen LogP contribution in [0.2, 0.25) is 0 Å². The molecule has 0 aliphatic rings. The van der Waals surface area contributed by atoms with Gasteiger partial charge in [-0.25, -0.2) is 5.84 Å². The van der Waals surface area contributed by atoms with Crippen molar-refractivity contribution >= 4 is 23.0 Å². The monoisotopic (exact) mass is 355 g/mol. The third-order valence-corrected chi connectivity index (χ3v) is 4.02. The normalized spacial score (nSPS) is 12.7. The van der Waals surface area contributed by atoms with Gasteiger partial charge in [-0.3, -0.25) is 10.9 Å². The molecule has 4 N–H and O–H groups in total. The molecule has 1 atom stereocenters. The van der Waals surface area contributed by atoms with Crippen molar-refractivity contribution in [2.75, 3.05) is 20.6 Å². The average molecular weight is 356 g/mol. The maximum atomic E-state index is 5.35. The predicted molar refractivity (Wildman–Crippen MR) is 108 cm³/mol. The smallest absolute Gasteiger partial charge is 0.201 e. The first-order valence-corrected chi connectivity index (χ1v) is 8.57. The minimum Gasteiger partial charge on any atom is -0.308 e. The number of likely N-dealkylation sites (N-methyl/N-ethyl adjacent to an activating group) is 1. The van der Waals surface area contributed by atoms with Crippen LogP contribution in [0, 0.1) is 0 Å². The maximum absolute atomic E-state index is 5.35. The van der Waals surface area contributed by atoms with Crippen molar-refractivity contribution in [2.45, 2.75) is 12.3 Å². The number of hydrogen-bond donors (Lipinski definition) is 3. The minimum absolute atomic E-state index is 0.143. The highest BCUT2D eigenvalue weighted by molar-refractivity contribution is 7.80. The molecule has 2 aromatic carbocycles. The van der Waals surface area contributed by atoms with Gasteiger partial charge in [-0.1, -0.05) is 60.7 Å². The fraction of sp³-hybridized carbons (Fsp3) is 0.263. The minimum atomic E-state index is 0.143. The maximum Gasteiger partial charge on any atom is 0.201 e. The Morgan fingerprint density at radius 3 is 2.24 bits per heavy atom. The summed E-state index contributed by atoms with van der Waals surface area (Å²) in [4.78, 5) is 2.16. The quantitative estimate of drug-likeness (QED) is 0.308. The van der Waals surface area contributed by atoms with E-state index in [4.69, 9.17) is 18.1 Å². The molecule has 0 saturated carbocycles. The third kappa shape index (κ3) is 6.26. The Morgan fingerprint density at radius 1 is 1.08 bits per heavy atom. The summed E-state index contributed by atoms with van der Waals surface area (Å²) in [6, 6.07) is 20.7. The highest BCUT2D eigenvalue weighted by Crippen LogP contribution is 2.21. The van der Waals surface area contributed by atoms with E-state index in [-0.39, 0.29) is 5.92 Å². The number of rotatable bonds is 7. The van der Waals surface area contributed by atoms with E-state index < -0.39 is 0 Å². The van der Waals surface area contributed by atoms with Crippen LogP contribution in [0.4, 0.5) is 0 Å². The Hall–Kier alpha value is -2.28. The van der Waals surface area contributed by atoms with E-state index >= 15 is 0 Å². The van der Waals surface area contributed by atoms with Crippen LogP contribution in [0.3, 0.4) is 0 Å². The zero-order valence-electron chi connectivity index (χ0n) is 14.6. The molecule has 2 rings (SSSR count). The topological polar surface area (TPSA) is 65.7 Å². The standard InChI is InChI=1S/C19H25N5S/c1-24(2)14-17(16-11-7-4-8-12-16)18(22-23-19(25)21-20)13-15-9-5-3-6-10-15/h3-12,17H,13-14,20H2,1-2H3,(H2,21,23,25). The van der Waals surface area contributed by atoms with Gasteiger partial charge in [0.1, 0.15) is 0 Å². The number of hydrazone groups is 1. The second-order valence-corrected chi connectivity index (χ2v) is 6.48. The summed E-state index contributed by atoms with van der Waals surface area (Å²) in [6.07, 6.45) is 0.731. The summed E-state index contributed by atoms with van der Waals surface area (Å²) in [5, 5.41) is 4.87. The van der Waals surface area contributed by atoms with E-state index in [1.54, 1.807) is 0 Å². The zero-order valence-corrected chi connectivity index (χ0v) is 15.5. The molecule has 0 bridgehead atoms. The van der Waals surface area contributed by atoms with Gasteiger partial charge in [0.25, 0.3) is 0 Å². The molecular formula is C19H25N5S. The molecule has 5 nitrogen and oxygen atoms in total. The van der Waals surface area contributed by atoms with Crippen LogP contribution in [-0.2, 0) is 6.42 Å². The lowest BCUT2D eigenvalue weighted by Crippen LogP contribution is -2.38. The van der Waals surface area contributed by atoms with Gasteiger partial charge in [0, 0.05) is 18.9 Å². The number of nitrogens with zero attached hydrogens (tertiary/aromatic N) is 2. The molecule has 132 valence electrons. The number of nitrogens with one attached hydrogen (secondary N) is 2. The van der Waals surface area contributed by atoms with Gasteiger partial charge in [0.05, 0.1) is 5.71 Å². The van der Waals surface area contributed by atoms with Crippen LogP contribution < -0.4 is 16.7 Å². The van der Waals surface area contributed by atoms with Gasteiger partial charge in [-0.15, -0.1) is 0 Å². The third-order valence-electron chi connectivity index (χ3n) is 3.81. The van der Waals surface area contributed by atoms with Crippen molar-refractivity contribution in [3.05, 3.63) is 71.8 Å². The molecule has 0 heterocycles. The molecule has 2 aromatic rings. The predicted octanol–water partition coefficient (Wildman–Crippen LogP) is 2.27. The summed E-state index contributed by atoms with van der Waals surface area (Å²) in [5.74, 6) is 5.49. The SMILES string of the molecule is CN(C)CC(C(Cc1ccccc1)=NNC(=S)NN)c1ccccc1. The molecule has 0 radical (unpaired) electrons. The second kappa shape index (κ2) is 9.88. The van der Waals surface area contributed by atoms with Gasteiger partial charge >= 0.3 is 0 Å². The van der Waals surface area contributed by atoms with E-state index in [9.17, 15) is 0 Å². The highest BCUT2D eigenvalue weighted by Gasteiger charge is 2.20. The van der Waals surface area contributed by atoms with Gasteiger partial charge in [0.2, 0.25) is 5.11 Å². The first kappa shape index (κ1) is 19.1. The molecule has 0 amide bonds. The van der Waals surface area contributed by atoms with Crippen LogP contribution in [-0.4, -0.2) is 36.4 Å². The van der Waals surface area contributed by atoms with Crippen molar-refractivity contribution < 1.29 is 0 Å². The van der Waals surface area contributed by atoms with E-state index in [1.807, 2.05) is 24.3 Å². The van der Waals surface area contributed by atoms with Gasteiger partial charge in [0.15, 0.2) is 0 Å². The van der Waals surface area contributed by atoms with E-state index in [1.165, 1.54) is 11.1 Å². The summed E-state index contributed by atoms with van der Waals surface area (Å²) >= 11 is 5.06. The van der Waals surface area contributed by atoms with Crippen molar-refractivity contribution in [3.63, 3.8) is 0 Å². The zero-order chi connectivity index (χ0) is 18.1. The Bertz CT molecular complexity index is 685. The van der Waals surface area contributed by atoms with Crippen LogP contribution in [0.1, 0.15) is 17.0 Å². The van der Waals surface area contributed by atoms with E-state index in [0.29, 0.717) is 5.11 Å². The largest absolute Gasteiger partial charge is 0.308 e. The van der Waals surface area contributed by atoms with E-state index in [2.05, 4.69) is 71.3 Å². The summed E-state index contributed by atoms with van der Waals surface area (Å²) in [6.45, 7) is 0.847. The highest BCUT2D eigenvalue weighted by atomic mass is 32.1. The van der Waals surface area contributed by atoms with Gasteiger partial charge in [-0.05, 0) is 37.4 Å². The molecular weight excluding hydrogens is 330 g/mol. The lowest BCUT2D eigenvalue weighted by molar-refractivity contribution is 0.401. The van der Waals surface area contributed by atoms with Crippen LogP contribution in [0.5, 0.6) is 0 Å². The first-order valence-electron chi connectivity index (χ1n) is 8.16. The van der Waals surface area contributed by atoms with Crippen LogP contribution >= 0.6 is 12.2 Å². The fourth-order valence-corrected chi connectivity index (χ4v) is 2.70. The van der Waals surface area contributed by atoms with Crippen LogP contribution in [0.25, 0.3) is 0 Å². The number of thiocarbonyl (C=S) groups is 1. The average Bonchev–Trinajstić information content (AvgIpc) is 2.64. The van der Waals surface area contributed by atoms with Crippen molar-refractivity contribution in [3.8, 4) is 0 Å². The Balaban J connectivity index is 2.36. The molecule has 1 unspecified atom stereocenters. The lowest BCUT2D eigenvalue weighted by atomic mass is 9.90. The molecule has 0 aliphatic carbocycles. The summed E-state index contributed by atoms with van der Waals surface area (Å²) < 4.78 is 0. The summed E-state index contributed by atoms with van der Waals surface area (Å²) in [7, 11) is 4.13. The Kier molecular flexibility index (Phi) is 7.53. The second-order valence-electron chi connectivity index (χ2n) is 6.08. The van der Waals surface area contributed by atoms with Crippen molar-refractivity contribution in [2.24, 2.45) is 10.9 Å². The molecule has 6 heteroatoms. The lowest BCUT2D eigenvalue weighted by Gasteiger charge is -2.24. The number of hydrogen-bond acceptors (Lipinski definition) is 4. The molecule has 0 spiro atoms. The van der Waals surface area contributed by atoms with E-state index in [0.717, 1.165) is 18.7 Å². The first-order chi connectivity index (χ1) is 12.1. The van der Waals surface area contributed by atoms with Crippen LogP contribution in [0.15, 0.2) is 65.8 Å². The molecule has 0 fully saturated rings. The molecule has 0 aromatic heterocycles. The molecule has 0 aliphatic heterocycles. The van der Waals surface area contributed by atoms with Gasteiger partial charge in [-0.2, -0.15) is 5.10 Å². The Morgan fingerprint density at radius 2 is 1.68 bits per heavy atom. The van der Waals surface area contributed by atoms with Crippen molar-refractivity contribution in [1.29, 1.82) is 0 Å². The van der Waals surface area contributed by atoms with Gasteiger partial charge < -0.3 is 4.90 Å². The fourth-order valence-electron chi connectivity index (χ4n) is 2.65. The molecule has 25 heavy (non-hydrogen) atoms. The summed E-state index contributed by atoms with van der Waals surface area (Å²) in [5.41, 5.74) is 8.68. The van der Waals surface area contributed by atoms with Crippen molar-refractivity contribution in [1.82, 2.24) is 15.8 Å². The number of hydrazine groups is 1. The molecule has 0 saturated heterocycles.